The summed E-state index contributed by atoms with van der Waals surface area (Å²) < 4.78 is 10.8. The number of rotatable bonds is 5. The Bertz CT molecular complexity index is 407. The molecule has 21 heavy (non-hydrogen) atoms. The van der Waals surface area contributed by atoms with Crippen LogP contribution in [0, 0.1) is 11.3 Å². The molecule has 0 aliphatic carbocycles. The molecular weight excluding hydrogens is 262 g/mol. The van der Waals surface area contributed by atoms with Crippen LogP contribution in [0.25, 0.3) is 0 Å². The Balaban J connectivity index is 0.00000122. The van der Waals surface area contributed by atoms with Gasteiger partial charge in [-0.15, -0.1) is 0 Å². The van der Waals surface area contributed by atoms with E-state index in [-0.39, 0.29) is 6.10 Å². The molecule has 0 bridgehead atoms. The minimum atomic E-state index is 0.168. The predicted molar refractivity (Wildman–Crippen MR) is 87.7 cm³/mol. The maximum atomic E-state index is 8.95. The van der Waals surface area contributed by atoms with Crippen LogP contribution in [0.5, 0.6) is 0 Å². The molecule has 0 radical (unpaired) electrons. The van der Waals surface area contributed by atoms with E-state index in [0.717, 1.165) is 31.6 Å². The van der Waals surface area contributed by atoms with Crippen LogP contribution >= 0.6 is 0 Å². The van der Waals surface area contributed by atoms with Crippen LogP contribution in [-0.4, -0.2) is 19.3 Å². The Morgan fingerprint density at radius 1 is 1.29 bits per heavy atom. The summed E-state index contributed by atoms with van der Waals surface area (Å²) >= 11 is 0. The summed E-state index contributed by atoms with van der Waals surface area (Å²) in [6.45, 7) is 11.4. The van der Waals surface area contributed by atoms with Crippen LogP contribution in [0.2, 0.25) is 0 Å². The summed E-state index contributed by atoms with van der Waals surface area (Å²) in [5.74, 6) is 0. The molecule has 0 aromatic rings. The second-order valence-electron chi connectivity index (χ2n) is 4.90. The van der Waals surface area contributed by atoms with Gasteiger partial charge in [-0.3, -0.25) is 0 Å². The van der Waals surface area contributed by atoms with Crippen LogP contribution in [0.15, 0.2) is 48.3 Å². The fraction of sp³-hybridized carbons (Fsp3) is 0.500. The van der Waals surface area contributed by atoms with Crippen molar-refractivity contribution in [3.63, 3.8) is 0 Å². The third-order valence-electron chi connectivity index (χ3n) is 2.45. The van der Waals surface area contributed by atoms with Crippen molar-refractivity contribution >= 4 is 0 Å². The zero-order valence-electron chi connectivity index (χ0n) is 13.5. The van der Waals surface area contributed by atoms with Crippen molar-refractivity contribution in [2.24, 2.45) is 0 Å². The zero-order valence-corrected chi connectivity index (χ0v) is 13.5. The summed E-state index contributed by atoms with van der Waals surface area (Å²) in [5.41, 5.74) is 1.48. The Kier molecular flexibility index (Phi) is 12.1. The van der Waals surface area contributed by atoms with Gasteiger partial charge in [-0.05, 0) is 13.0 Å². The molecule has 0 unspecified atom stereocenters. The van der Waals surface area contributed by atoms with Gasteiger partial charge in [0.1, 0.15) is 18.4 Å². The lowest BCUT2D eigenvalue weighted by atomic mass is 10.1. The Hall–Kier alpha value is -1.79. The van der Waals surface area contributed by atoms with E-state index in [1.165, 1.54) is 12.7 Å². The molecule has 0 spiro atoms. The molecule has 1 rings (SSSR count). The molecule has 0 saturated carbocycles. The molecule has 0 amide bonds. The third-order valence-corrected chi connectivity index (χ3v) is 2.45. The molecule has 0 N–H and O–H groups in total. The first-order valence-corrected chi connectivity index (χ1v) is 7.47. The van der Waals surface area contributed by atoms with Crippen molar-refractivity contribution in [1.29, 1.82) is 5.26 Å². The quantitative estimate of drug-likeness (QED) is 0.419. The van der Waals surface area contributed by atoms with E-state index >= 15 is 0 Å². The van der Waals surface area contributed by atoms with Gasteiger partial charge in [0.25, 0.3) is 0 Å². The lowest BCUT2D eigenvalue weighted by Crippen LogP contribution is -2.21. The summed E-state index contributed by atoms with van der Waals surface area (Å²) in [6, 6.07) is 2.09. The number of hydrogen-bond acceptors (Lipinski definition) is 3. The number of hydrogen-bond donors (Lipinski definition) is 0. The number of allylic oxidation sites excluding steroid dienone is 6. The molecule has 0 aromatic heterocycles. The van der Waals surface area contributed by atoms with E-state index in [1.807, 2.05) is 19.1 Å². The molecule has 0 atom stereocenters. The first-order chi connectivity index (χ1) is 10.1. The van der Waals surface area contributed by atoms with Crippen molar-refractivity contribution in [3.8, 4) is 6.07 Å². The second-order valence-corrected chi connectivity index (χ2v) is 4.90. The van der Waals surface area contributed by atoms with Crippen LogP contribution < -0.4 is 0 Å². The summed E-state index contributed by atoms with van der Waals surface area (Å²) in [4.78, 5) is 0. The van der Waals surface area contributed by atoms with Crippen LogP contribution in [0.1, 0.15) is 40.0 Å². The van der Waals surface area contributed by atoms with Crippen molar-refractivity contribution < 1.29 is 9.47 Å². The molecule has 1 fully saturated rings. The minimum Gasteiger partial charge on any atom is -0.496 e. The van der Waals surface area contributed by atoms with Crippen molar-refractivity contribution in [2.75, 3.05) is 13.2 Å². The molecule has 1 heterocycles. The summed E-state index contributed by atoms with van der Waals surface area (Å²) in [5, 5.41) is 8.95. The van der Waals surface area contributed by atoms with Crippen molar-refractivity contribution in [1.82, 2.24) is 0 Å². The van der Waals surface area contributed by atoms with Gasteiger partial charge < -0.3 is 9.47 Å². The number of nitriles is 1. The molecule has 3 heteroatoms. The SMILES string of the molecule is C=C(C)/C=C/C=C/C(C#N)=C/OC1CCOCC1.CCC. The normalized spacial score (nSPS) is 16.4. The third kappa shape index (κ3) is 11.7. The predicted octanol–water partition coefficient (Wildman–Crippen LogP) is 4.69. The zero-order chi connectivity index (χ0) is 15.9. The number of ether oxygens (including phenoxy) is 2. The van der Waals surface area contributed by atoms with E-state index in [1.54, 1.807) is 12.2 Å². The average Bonchev–Trinajstić information content (AvgIpc) is 2.48. The molecular formula is C18H27NO2. The number of nitrogens with zero attached hydrogens (tertiary/aromatic N) is 1. The summed E-state index contributed by atoms with van der Waals surface area (Å²) in [6.07, 6.45) is 12.0. The molecule has 0 aromatic carbocycles. The van der Waals surface area contributed by atoms with Gasteiger partial charge >= 0.3 is 0 Å². The van der Waals surface area contributed by atoms with Gasteiger partial charge in [0.2, 0.25) is 0 Å². The Morgan fingerprint density at radius 2 is 1.86 bits per heavy atom. The summed E-state index contributed by atoms with van der Waals surface area (Å²) in [7, 11) is 0. The highest BCUT2D eigenvalue weighted by Gasteiger charge is 2.13. The van der Waals surface area contributed by atoms with Crippen LogP contribution in [0.3, 0.4) is 0 Å². The van der Waals surface area contributed by atoms with E-state index in [0.29, 0.717) is 5.57 Å². The van der Waals surface area contributed by atoms with E-state index < -0.39 is 0 Å². The highest BCUT2D eigenvalue weighted by atomic mass is 16.5. The lowest BCUT2D eigenvalue weighted by molar-refractivity contribution is 0.00574. The Morgan fingerprint density at radius 3 is 2.38 bits per heavy atom. The standard InChI is InChI=1S/C15H19NO2.C3H8/c1-13(2)5-3-4-6-14(11-16)12-18-15-7-9-17-10-8-15;1-3-2/h3-6,12,15H,1,7-10H2,2H3;3H2,1-2H3/b5-3+,6-4+,14-12-;. The van der Waals surface area contributed by atoms with Crippen LogP contribution in [0.4, 0.5) is 0 Å². The van der Waals surface area contributed by atoms with Gasteiger partial charge in [-0.1, -0.05) is 50.6 Å². The van der Waals surface area contributed by atoms with E-state index in [4.69, 9.17) is 14.7 Å². The monoisotopic (exact) mass is 289 g/mol. The van der Waals surface area contributed by atoms with Gasteiger partial charge in [-0.2, -0.15) is 5.26 Å². The molecule has 1 aliphatic heterocycles. The first kappa shape index (κ1) is 19.2. The smallest absolute Gasteiger partial charge is 0.102 e. The van der Waals surface area contributed by atoms with E-state index in [9.17, 15) is 0 Å². The molecule has 3 nitrogen and oxygen atoms in total. The van der Waals surface area contributed by atoms with Gasteiger partial charge in [0.15, 0.2) is 0 Å². The Labute approximate surface area is 129 Å². The van der Waals surface area contributed by atoms with Gasteiger partial charge in [0, 0.05) is 12.8 Å². The molecule has 1 saturated heterocycles. The fourth-order valence-electron chi connectivity index (χ4n) is 1.46. The van der Waals surface area contributed by atoms with Crippen molar-refractivity contribution in [3.05, 3.63) is 48.3 Å². The fourth-order valence-corrected chi connectivity index (χ4v) is 1.46. The highest BCUT2D eigenvalue weighted by molar-refractivity contribution is 5.33. The first-order valence-electron chi connectivity index (χ1n) is 7.47. The topological polar surface area (TPSA) is 42.2 Å². The maximum Gasteiger partial charge on any atom is 0.102 e. The largest absolute Gasteiger partial charge is 0.496 e. The minimum absolute atomic E-state index is 0.168. The van der Waals surface area contributed by atoms with Crippen molar-refractivity contribution in [2.45, 2.75) is 46.1 Å². The second kappa shape index (κ2) is 13.2. The van der Waals surface area contributed by atoms with Crippen LogP contribution in [-0.2, 0) is 9.47 Å². The lowest BCUT2D eigenvalue weighted by Gasteiger charge is -2.21. The average molecular weight is 289 g/mol. The van der Waals surface area contributed by atoms with Gasteiger partial charge in [-0.25, -0.2) is 0 Å². The highest BCUT2D eigenvalue weighted by Crippen LogP contribution is 2.12. The van der Waals surface area contributed by atoms with E-state index in [2.05, 4.69) is 26.5 Å². The molecule has 1 aliphatic rings. The molecule has 116 valence electrons. The van der Waals surface area contributed by atoms with Gasteiger partial charge in [0.05, 0.1) is 18.8 Å². The maximum absolute atomic E-state index is 8.95.